The van der Waals surface area contributed by atoms with Gasteiger partial charge < -0.3 is 15.7 Å². The first kappa shape index (κ1) is 20.6. The number of aromatic nitrogens is 1. The molecule has 0 saturated carbocycles. The second-order valence-corrected chi connectivity index (χ2v) is 8.39. The van der Waals surface area contributed by atoms with Gasteiger partial charge in [0.1, 0.15) is 12.1 Å². The Morgan fingerprint density at radius 1 is 1.29 bits per heavy atom. The molecule has 7 heteroatoms. The van der Waals surface area contributed by atoms with E-state index in [4.69, 9.17) is 0 Å². The van der Waals surface area contributed by atoms with Crippen LogP contribution in [0.2, 0.25) is 0 Å². The lowest BCUT2D eigenvalue weighted by Crippen LogP contribution is -2.50. The van der Waals surface area contributed by atoms with Gasteiger partial charge in [-0.25, -0.2) is 4.98 Å². The number of hydrogen-bond acceptors (Lipinski definition) is 5. The summed E-state index contributed by atoms with van der Waals surface area (Å²) in [5, 5.41) is 16.0. The van der Waals surface area contributed by atoms with Gasteiger partial charge in [0.2, 0.25) is 11.8 Å². The summed E-state index contributed by atoms with van der Waals surface area (Å²) in [4.78, 5) is 29.9. The Morgan fingerprint density at radius 3 is 2.38 bits per heavy atom. The Labute approximate surface area is 148 Å². The molecule has 0 fully saturated rings. The average molecular weight is 356 g/mol. The van der Waals surface area contributed by atoms with Crippen molar-refractivity contribution in [2.45, 2.75) is 72.4 Å². The molecule has 0 aliphatic heterocycles. The van der Waals surface area contributed by atoms with Gasteiger partial charge in [0.15, 0.2) is 5.13 Å². The molecule has 2 atom stereocenters. The van der Waals surface area contributed by atoms with Crippen molar-refractivity contribution in [2.24, 2.45) is 5.41 Å². The maximum Gasteiger partial charge on any atom is 0.250 e. The predicted octanol–water partition coefficient (Wildman–Crippen LogP) is 2.90. The molecule has 0 aromatic carbocycles. The molecule has 136 valence electrons. The number of anilines is 1. The summed E-state index contributed by atoms with van der Waals surface area (Å²) in [6.45, 7) is 11.4. The van der Waals surface area contributed by atoms with Crippen LogP contribution in [-0.4, -0.2) is 34.1 Å². The van der Waals surface area contributed by atoms with E-state index in [0.29, 0.717) is 17.5 Å². The summed E-state index contributed by atoms with van der Waals surface area (Å²) in [5.41, 5.74) is -0.585. The molecule has 1 aromatic rings. The summed E-state index contributed by atoms with van der Waals surface area (Å²) in [6, 6.07) is -0.689. The van der Waals surface area contributed by atoms with Crippen LogP contribution in [0.1, 0.15) is 65.2 Å². The van der Waals surface area contributed by atoms with E-state index < -0.39 is 23.5 Å². The molecule has 0 aliphatic carbocycles. The van der Waals surface area contributed by atoms with Crippen molar-refractivity contribution in [3.05, 3.63) is 11.1 Å². The van der Waals surface area contributed by atoms with E-state index in [0.717, 1.165) is 11.3 Å². The smallest absolute Gasteiger partial charge is 0.250 e. The van der Waals surface area contributed by atoms with Crippen LogP contribution in [0.15, 0.2) is 6.20 Å². The minimum Gasteiger partial charge on any atom is -0.383 e. The normalized spacial score (nSPS) is 14.3. The van der Waals surface area contributed by atoms with Gasteiger partial charge in [-0.3, -0.25) is 9.59 Å². The summed E-state index contributed by atoms with van der Waals surface area (Å²) in [7, 11) is 0. The minimum absolute atomic E-state index is 0.309. The highest BCUT2D eigenvalue weighted by Crippen LogP contribution is 2.25. The van der Waals surface area contributed by atoms with Crippen LogP contribution >= 0.6 is 11.3 Å². The summed E-state index contributed by atoms with van der Waals surface area (Å²) in [6.07, 6.45) is 1.81. The average Bonchev–Trinajstić information content (AvgIpc) is 2.93. The highest BCUT2D eigenvalue weighted by Gasteiger charge is 2.31. The van der Waals surface area contributed by atoms with E-state index in [9.17, 15) is 14.7 Å². The number of aliphatic hydroxyl groups excluding tert-OH is 1. The molecular weight excluding hydrogens is 326 g/mol. The number of hydrogen-bond donors (Lipinski definition) is 3. The molecule has 24 heavy (non-hydrogen) atoms. The van der Waals surface area contributed by atoms with Gasteiger partial charge in [-0.15, -0.1) is 11.3 Å². The van der Waals surface area contributed by atoms with Gasteiger partial charge >= 0.3 is 0 Å². The van der Waals surface area contributed by atoms with Gasteiger partial charge in [-0.05, 0) is 17.8 Å². The van der Waals surface area contributed by atoms with Crippen molar-refractivity contribution in [1.82, 2.24) is 10.3 Å². The summed E-state index contributed by atoms with van der Waals surface area (Å²) >= 11 is 1.43. The van der Waals surface area contributed by atoms with Crippen molar-refractivity contribution in [2.75, 3.05) is 5.32 Å². The lowest BCUT2D eigenvalue weighted by Gasteiger charge is -2.26. The van der Waals surface area contributed by atoms with Crippen LogP contribution < -0.4 is 10.6 Å². The number of nitrogens with zero attached hydrogens (tertiary/aromatic N) is 1. The van der Waals surface area contributed by atoms with E-state index in [1.54, 1.807) is 27.0 Å². The van der Waals surface area contributed by atoms with E-state index in [2.05, 4.69) is 29.5 Å². The molecular formula is C17H29N3O3S. The van der Waals surface area contributed by atoms with Gasteiger partial charge in [0.25, 0.3) is 0 Å². The Kier molecular flexibility index (Phi) is 7.35. The Morgan fingerprint density at radius 2 is 1.92 bits per heavy atom. The van der Waals surface area contributed by atoms with Crippen molar-refractivity contribution in [3.8, 4) is 0 Å². The van der Waals surface area contributed by atoms with Gasteiger partial charge in [0.05, 0.1) is 0 Å². The second-order valence-electron chi connectivity index (χ2n) is 7.33. The number of thiazole rings is 1. The number of rotatable bonds is 7. The van der Waals surface area contributed by atoms with Gasteiger partial charge in [-0.2, -0.15) is 0 Å². The number of aliphatic hydroxyl groups is 1. The van der Waals surface area contributed by atoms with Crippen LogP contribution in [-0.2, 0) is 9.59 Å². The standard InChI is InChI=1S/C17H29N3O3S/c1-7-8-11(19-15(23)13(21)17(4,5)6)14(22)20-16-18-9-12(24-16)10(2)3/h9-11,13,21H,7-8H2,1-6H3,(H,19,23)(H,18,20,22). The molecule has 0 saturated heterocycles. The maximum absolute atomic E-state index is 12.4. The van der Waals surface area contributed by atoms with E-state index >= 15 is 0 Å². The fraction of sp³-hybridized carbons (Fsp3) is 0.706. The van der Waals surface area contributed by atoms with Crippen molar-refractivity contribution >= 4 is 28.3 Å². The number of nitrogens with one attached hydrogen (secondary N) is 2. The highest BCUT2D eigenvalue weighted by molar-refractivity contribution is 7.15. The zero-order valence-electron chi connectivity index (χ0n) is 15.3. The van der Waals surface area contributed by atoms with Crippen LogP contribution in [0.3, 0.4) is 0 Å². The molecule has 1 heterocycles. The molecule has 1 aromatic heterocycles. The van der Waals surface area contributed by atoms with E-state index in [1.165, 1.54) is 11.3 Å². The third-order valence-electron chi connectivity index (χ3n) is 3.60. The number of carbonyl (C=O) groups is 2. The zero-order valence-corrected chi connectivity index (χ0v) is 16.2. The molecule has 2 amide bonds. The first-order chi connectivity index (χ1) is 11.1. The Bertz CT molecular complexity index is 564. The second kappa shape index (κ2) is 8.58. The molecule has 2 unspecified atom stereocenters. The van der Waals surface area contributed by atoms with Crippen LogP contribution in [0, 0.1) is 5.41 Å². The lowest BCUT2D eigenvalue weighted by molar-refractivity contribution is -0.137. The van der Waals surface area contributed by atoms with Crippen molar-refractivity contribution in [1.29, 1.82) is 0 Å². The first-order valence-corrected chi connectivity index (χ1v) is 9.13. The molecule has 0 spiro atoms. The number of carbonyl (C=O) groups excluding carboxylic acids is 2. The van der Waals surface area contributed by atoms with Crippen LogP contribution in [0.4, 0.5) is 5.13 Å². The largest absolute Gasteiger partial charge is 0.383 e. The lowest BCUT2D eigenvalue weighted by atomic mass is 9.88. The van der Waals surface area contributed by atoms with Crippen LogP contribution in [0.25, 0.3) is 0 Å². The van der Waals surface area contributed by atoms with Crippen LogP contribution in [0.5, 0.6) is 0 Å². The zero-order chi connectivity index (χ0) is 18.5. The molecule has 1 rings (SSSR count). The molecule has 6 nitrogen and oxygen atoms in total. The fourth-order valence-corrected chi connectivity index (χ4v) is 2.83. The van der Waals surface area contributed by atoms with Crippen molar-refractivity contribution < 1.29 is 14.7 Å². The SMILES string of the molecule is CCCC(NC(=O)C(O)C(C)(C)C)C(=O)Nc1ncc(C(C)C)s1. The monoisotopic (exact) mass is 355 g/mol. The van der Waals surface area contributed by atoms with Gasteiger partial charge in [0, 0.05) is 11.1 Å². The number of amides is 2. The van der Waals surface area contributed by atoms with Crippen molar-refractivity contribution in [3.63, 3.8) is 0 Å². The molecule has 0 bridgehead atoms. The molecule has 0 radical (unpaired) electrons. The summed E-state index contributed by atoms with van der Waals surface area (Å²) < 4.78 is 0. The van der Waals surface area contributed by atoms with Gasteiger partial charge in [-0.1, -0.05) is 48.0 Å². The third kappa shape index (κ3) is 5.87. The first-order valence-electron chi connectivity index (χ1n) is 8.31. The third-order valence-corrected chi connectivity index (χ3v) is 4.82. The highest BCUT2D eigenvalue weighted by atomic mass is 32.1. The maximum atomic E-state index is 12.4. The van der Waals surface area contributed by atoms with E-state index in [-0.39, 0.29) is 5.91 Å². The predicted molar refractivity (Wildman–Crippen MR) is 97.1 cm³/mol. The molecule has 3 N–H and O–H groups in total. The molecule has 0 aliphatic rings. The minimum atomic E-state index is -1.17. The van der Waals surface area contributed by atoms with E-state index in [1.807, 2.05) is 6.92 Å². The fourth-order valence-electron chi connectivity index (χ4n) is 2.01. The Balaban J connectivity index is 2.75. The quantitative estimate of drug-likeness (QED) is 0.701. The topological polar surface area (TPSA) is 91.3 Å². The summed E-state index contributed by atoms with van der Waals surface area (Å²) in [5.74, 6) is -0.490. The Hall–Kier alpha value is -1.47.